The third kappa shape index (κ3) is 2.58. The Hall–Kier alpha value is -0.440. The molecule has 0 bridgehead atoms. The molecule has 2 unspecified atom stereocenters. The third-order valence-electron chi connectivity index (χ3n) is 1.93. The van der Waals surface area contributed by atoms with Gasteiger partial charge in [0.15, 0.2) is 12.0 Å². The highest BCUT2D eigenvalue weighted by Crippen LogP contribution is 2.18. The molecule has 0 amide bonds. The van der Waals surface area contributed by atoms with Gasteiger partial charge in [-0.1, -0.05) is 0 Å². The number of ether oxygens (including phenoxy) is 1. The highest BCUT2D eigenvalue weighted by atomic mass is 19.1. The van der Waals surface area contributed by atoms with Crippen molar-refractivity contribution in [2.24, 2.45) is 0 Å². The van der Waals surface area contributed by atoms with E-state index < -0.39 is 6.17 Å². The van der Waals surface area contributed by atoms with Gasteiger partial charge < -0.3 is 4.74 Å². The number of ketones is 1. The number of halogens is 1. The lowest BCUT2D eigenvalue weighted by Gasteiger charge is -2.10. The molecule has 0 N–H and O–H groups in total. The Morgan fingerprint density at radius 1 is 1.82 bits per heavy atom. The first kappa shape index (κ1) is 8.65. The molecule has 0 radical (unpaired) electrons. The van der Waals surface area contributed by atoms with Crippen LogP contribution in [0.5, 0.6) is 0 Å². The number of alkyl halides is 1. The standard InChI is InChI=1S/C8H13FO2/c1-6(10)8(9)5-7-3-2-4-11-7/h7-8H,2-5H2,1H3. The van der Waals surface area contributed by atoms with Crippen LogP contribution in [0.4, 0.5) is 4.39 Å². The Morgan fingerprint density at radius 2 is 2.55 bits per heavy atom. The van der Waals surface area contributed by atoms with Crippen molar-refractivity contribution in [1.29, 1.82) is 0 Å². The summed E-state index contributed by atoms with van der Waals surface area (Å²) in [5, 5.41) is 0. The van der Waals surface area contributed by atoms with Crippen molar-refractivity contribution in [2.75, 3.05) is 6.61 Å². The molecule has 64 valence electrons. The molecule has 0 aromatic carbocycles. The average molecular weight is 160 g/mol. The highest BCUT2D eigenvalue weighted by Gasteiger charge is 2.22. The van der Waals surface area contributed by atoms with Gasteiger partial charge in [-0.25, -0.2) is 4.39 Å². The van der Waals surface area contributed by atoms with E-state index in [0.717, 1.165) is 19.4 Å². The number of hydrogen-bond acceptors (Lipinski definition) is 2. The van der Waals surface area contributed by atoms with Crippen LogP contribution in [0.25, 0.3) is 0 Å². The van der Waals surface area contributed by atoms with E-state index in [1.54, 1.807) is 0 Å². The predicted octanol–water partition coefficient (Wildman–Crippen LogP) is 1.48. The Morgan fingerprint density at radius 3 is 3.00 bits per heavy atom. The van der Waals surface area contributed by atoms with E-state index in [0.29, 0.717) is 0 Å². The molecule has 0 aromatic rings. The van der Waals surface area contributed by atoms with Crippen LogP contribution in [0.3, 0.4) is 0 Å². The normalized spacial score (nSPS) is 26.9. The highest BCUT2D eigenvalue weighted by molar-refractivity contribution is 5.80. The Balaban J connectivity index is 2.23. The summed E-state index contributed by atoms with van der Waals surface area (Å²) in [4.78, 5) is 10.5. The summed E-state index contributed by atoms with van der Waals surface area (Å²) in [6, 6.07) is 0. The molecule has 0 saturated carbocycles. The maximum atomic E-state index is 12.7. The molecule has 1 heterocycles. The van der Waals surface area contributed by atoms with Crippen molar-refractivity contribution in [3.05, 3.63) is 0 Å². The zero-order valence-electron chi connectivity index (χ0n) is 6.68. The van der Waals surface area contributed by atoms with Gasteiger partial charge in [-0.05, 0) is 19.8 Å². The average Bonchev–Trinajstić information content (AvgIpc) is 2.39. The molecular weight excluding hydrogens is 147 g/mol. The fourth-order valence-corrected chi connectivity index (χ4v) is 1.23. The first-order valence-corrected chi connectivity index (χ1v) is 3.96. The smallest absolute Gasteiger partial charge is 0.163 e. The van der Waals surface area contributed by atoms with Crippen molar-refractivity contribution in [3.63, 3.8) is 0 Å². The molecule has 3 heteroatoms. The maximum absolute atomic E-state index is 12.7. The van der Waals surface area contributed by atoms with Crippen molar-refractivity contribution in [2.45, 2.75) is 38.5 Å². The molecule has 1 fully saturated rings. The van der Waals surface area contributed by atoms with E-state index in [2.05, 4.69) is 0 Å². The number of hydrogen-bond donors (Lipinski definition) is 0. The topological polar surface area (TPSA) is 26.3 Å². The molecule has 1 aliphatic heterocycles. The van der Waals surface area contributed by atoms with Gasteiger partial charge in [-0.3, -0.25) is 4.79 Å². The summed E-state index contributed by atoms with van der Waals surface area (Å²) in [6.07, 6.45) is 0.796. The van der Waals surface area contributed by atoms with E-state index in [1.165, 1.54) is 6.92 Å². The molecular formula is C8H13FO2. The van der Waals surface area contributed by atoms with E-state index >= 15 is 0 Å². The zero-order chi connectivity index (χ0) is 8.27. The number of carbonyl (C=O) groups is 1. The second kappa shape index (κ2) is 3.81. The number of rotatable bonds is 3. The lowest BCUT2D eigenvalue weighted by atomic mass is 10.1. The van der Waals surface area contributed by atoms with Crippen LogP contribution in [-0.2, 0) is 9.53 Å². The Kier molecular flexibility index (Phi) is 3.00. The van der Waals surface area contributed by atoms with Gasteiger partial charge in [-0.2, -0.15) is 0 Å². The van der Waals surface area contributed by atoms with Gasteiger partial charge in [0, 0.05) is 13.0 Å². The SMILES string of the molecule is CC(=O)C(F)CC1CCCO1. The van der Waals surface area contributed by atoms with Crippen LogP contribution in [-0.4, -0.2) is 24.7 Å². The molecule has 1 aliphatic rings. The molecule has 0 spiro atoms. The fraction of sp³-hybridized carbons (Fsp3) is 0.875. The molecule has 0 aliphatic carbocycles. The summed E-state index contributed by atoms with van der Waals surface area (Å²) < 4.78 is 17.9. The largest absolute Gasteiger partial charge is 0.378 e. The van der Waals surface area contributed by atoms with Crippen LogP contribution in [0.1, 0.15) is 26.2 Å². The van der Waals surface area contributed by atoms with E-state index in [9.17, 15) is 9.18 Å². The predicted molar refractivity (Wildman–Crippen MR) is 39.2 cm³/mol. The summed E-state index contributed by atoms with van der Waals surface area (Å²) in [5.41, 5.74) is 0. The molecule has 1 rings (SSSR count). The lowest BCUT2D eigenvalue weighted by molar-refractivity contribution is -0.122. The summed E-state index contributed by atoms with van der Waals surface area (Å²) in [6.45, 7) is 1.99. The van der Waals surface area contributed by atoms with Gasteiger partial charge in [0.2, 0.25) is 0 Å². The van der Waals surface area contributed by atoms with E-state index in [1.807, 2.05) is 0 Å². The maximum Gasteiger partial charge on any atom is 0.163 e. The van der Waals surface area contributed by atoms with Gasteiger partial charge in [-0.15, -0.1) is 0 Å². The Bertz CT molecular complexity index is 141. The summed E-state index contributed by atoms with van der Waals surface area (Å²) in [7, 11) is 0. The van der Waals surface area contributed by atoms with E-state index in [4.69, 9.17) is 4.74 Å². The van der Waals surface area contributed by atoms with Crippen molar-refractivity contribution < 1.29 is 13.9 Å². The van der Waals surface area contributed by atoms with Gasteiger partial charge in [0.1, 0.15) is 0 Å². The lowest BCUT2D eigenvalue weighted by Crippen LogP contribution is -2.19. The minimum Gasteiger partial charge on any atom is -0.378 e. The van der Waals surface area contributed by atoms with Gasteiger partial charge in [0.25, 0.3) is 0 Å². The zero-order valence-corrected chi connectivity index (χ0v) is 6.68. The summed E-state index contributed by atoms with van der Waals surface area (Å²) in [5.74, 6) is -0.388. The van der Waals surface area contributed by atoms with Crippen LogP contribution < -0.4 is 0 Å². The second-order valence-corrected chi connectivity index (χ2v) is 2.95. The molecule has 2 nitrogen and oxygen atoms in total. The molecule has 0 aromatic heterocycles. The molecule has 1 saturated heterocycles. The Labute approximate surface area is 65.7 Å². The van der Waals surface area contributed by atoms with E-state index in [-0.39, 0.29) is 18.3 Å². The minimum atomic E-state index is -1.32. The van der Waals surface area contributed by atoms with Crippen molar-refractivity contribution in [3.8, 4) is 0 Å². The van der Waals surface area contributed by atoms with Crippen LogP contribution in [0.15, 0.2) is 0 Å². The van der Waals surface area contributed by atoms with Gasteiger partial charge in [0.05, 0.1) is 6.10 Å². The van der Waals surface area contributed by atoms with Crippen molar-refractivity contribution >= 4 is 5.78 Å². The molecule has 2 atom stereocenters. The van der Waals surface area contributed by atoms with Crippen LogP contribution >= 0.6 is 0 Å². The van der Waals surface area contributed by atoms with Crippen LogP contribution in [0, 0.1) is 0 Å². The summed E-state index contributed by atoms with van der Waals surface area (Å²) >= 11 is 0. The first-order chi connectivity index (χ1) is 5.20. The minimum absolute atomic E-state index is 0.0195. The van der Waals surface area contributed by atoms with Gasteiger partial charge >= 0.3 is 0 Å². The number of Topliss-reactive ketones (excluding diaryl/α,β-unsaturated/α-hetero) is 1. The monoisotopic (exact) mass is 160 g/mol. The number of carbonyl (C=O) groups excluding carboxylic acids is 1. The third-order valence-corrected chi connectivity index (χ3v) is 1.93. The van der Waals surface area contributed by atoms with Crippen LogP contribution in [0.2, 0.25) is 0 Å². The first-order valence-electron chi connectivity index (χ1n) is 3.96. The second-order valence-electron chi connectivity index (χ2n) is 2.95. The van der Waals surface area contributed by atoms with Crippen molar-refractivity contribution in [1.82, 2.24) is 0 Å². The molecule has 11 heavy (non-hydrogen) atoms. The quantitative estimate of drug-likeness (QED) is 0.625. The fourth-order valence-electron chi connectivity index (χ4n) is 1.23.